The Kier molecular flexibility index (Phi) is 8.48. The van der Waals surface area contributed by atoms with E-state index in [4.69, 9.17) is 10.2 Å². The monoisotopic (exact) mass is 498 g/mol. The van der Waals surface area contributed by atoms with Crippen LogP contribution in [0.1, 0.15) is 25.0 Å². The van der Waals surface area contributed by atoms with Crippen LogP contribution in [0.4, 0.5) is 0 Å². The number of hydrogen-bond acceptors (Lipinski definition) is 6. The van der Waals surface area contributed by atoms with E-state index >= 15 is 0 Å². The number of phenols is 6. The molecule has 0 radical (unpaired) electrons. The molecule has 0 bridgehead atoms. The molecule has 5 aromatic carbocycles. The fourth-order valence-electron chi connectivity index (χ4n) is 3.65. The Morgan fingerprint density at radius 2 is 0.649 bits per heavy atom. The van der Waals surface area contributed by atoms with Crippen molar-refractivity contribution in [2.45, 2.75) is 19.3 Å². The second-order valence-electron chi connectivity index (χ2n) is 8.88. The summed E-state index contributed by atoms with van der Waals surface area (Å²) in [5.41, 5.74) is 2.10. The predicted molar refractivity (Wildman–Crippen MR) is 145 cm³/mol. The third-order valence-electron chi connectivity index (χ3n) is 5.90. The van der Waals surface area contributed by atoms with Crippen molar-refractivity contribution in [1.29, 1.82) is 0 Å². The van der Waals surface area contributed by atoms with Crippen molar-refractivity contribution in [1.82, 2.24) is 0 Å². The largest absolute Gasteiger partial charge is 0.508 e. The van der Waals surface area contributed by atoms with Gasteiger partial charge in [-0.25, -0.2) is 0 Å². The van der Waals surface area contributed by atoms with Gasteiger partial charge in [0.05, 0.1) is 0 Å². The van der Waals surface area contributed by atoms with Crippen LogP contribution in [0, 0.1) is 0 Å². The summed E-state index contributed by atoms with van der Waals surface area (Å²) in [6, 6.07) is 30.3. The first-order chi connectivity index (χ1) is 17.6. The van der Waals surface area contributed by atoms with Crippen molar-refractivity contribution in [2.24, 2.45) is 0 Å². The second kappa shape index (κ2) is 11.7. The molecular formula is C31H30O6. The highest BCUT2D eigenvalue weighted by Crippen LogP contribution is 2.33. The van der Waals surface area contributed by atoms with Crippen molar-refractivity contribution in [3.8, 4) is 34.5 Å². The number of hydrogen-bond donors (Lipinski definition) is 6. The molecule has 0 aliphatic rings. The minimum atomic E-state index is -0.151. The Hall–Kier alpha value is -4.84. The number of benzene rings is 5. The van der Waals surface area contributed by atoms with Crippen LogP contribution in [0.25, 0.3) is 10.8 Å². The summed E-state index contributed by atoms with van der Waals surface area (Å²) in [5, 5.41) is 56.0. The number of rotatable bonds is 2. The fraction of sp³-hybridized carbons (Fsp3) is 0.0968. The lowest BCUT2D eigenvalue weighted by molar-refractivity contribution is 0.460. The average molecular weight is 499 g/mol. The van der Waals surface area contributed by atoms with E-state index < -0.39 is 0 Å². The van der Waals surface area contributed by atoms with Crippen LogP contribution in [0.5, 0.6) is 34.5 Å². The van der Waals surface area contributed by atoms with Gasteiger partial charge in [0.25, 0.3) is 0 Å². The lowest BCUT2D eigenvalue weighted by atomic mass is 9.78. The summed E-state index contributed by atoms with van der Waals surface area (Å²) in [4.78, 5) is 0. The molecule has 0 unspecified atom stereocenters. The maximum atomic E-state index is 9.38. The molecule has 190 valence electrons. The summed E-state index contributed by atoms with van der Waals surface area (Å²) in [5.74, 6) is 1.28. The predicted octanol–water partition coefficient (Wildman–Crippen LogP) is 6.77. The molecule has 5 rings (SSSR count). The molecule has 0 spiro atoms. The highest BCUT2D eigenvalue weighted by atomic mass is 16.3. The number of aromatic hydroxyl groups is 6. The molecule has 0 heterocycles. The van der Waals surface area contributed by atoms with Gasteiger partial charge in [0.1, 0.15) is 34.5 Å². The van der Waals surface area contributed by atoms with Crippen LogP contribution in [0.15, 0.2) is 109 Å². The lowest BCUT2D eigenvalue weighted by Crippen LogP contribution is -2.18. The average Bonchev–Trinajstić information content (AvgIpc) is 2.88. The molecule has 5 aromatic rings. The summed E-state index contributed by atoms with van der Waals surface area (Å²) in [6.07, 6.45) is 0. The molecule has 0 amide bonds. The van der Waals surface area contributed by atoms with Gasteiger partial charge in [0.2, 0.25) is 0 Å². The van der Waals surface area contributed by atoms with Crippen LogP contribution >= 0.6 is 0 Å². The van der Waals surface area contributed by atoms with Crippen molar-refractivity contribution in [2.75, 3.05) is 0 Å². The Balaban J connectivity index is 0.000000165. The third kappa shape index (κ3) is 7.08. The number of fused-ring (bicyclic) bond motifs is 1. The highest BCUT2D eigenvalue weighted by molar-refractivity contribution is 5.92. The van der Waals surface area contributed by atoms with Crippen LogP contribution in [-0.4, -0.2) is 30.6 Å². The molecule has 0 saturated carbocycles. The highest BCUT2D eigenvalue weighted by Gasteiger charge is 2.22. The number of phenolic OH excluding ortho intramolecular Hbond substituents is 6. The molecule has 0 atom stereocenters. The van der Waals surface area contributed by atoms with Gasteiger partial charge in [-0.2, -0.15) is 0 Å². The topological polar surface area (TPSA) is 121 Å². The molecule has 6 N–H and O–H groups in total. The molecule has 0 aliphatic heterocycles. The molecule has 6 heteroatoms. The van der Waals surface area contributed by atoms with E-state index in [0.717, 1.165) is 11.1 Å². The maximum absolute atomic E-state index is 9.38. The minimum absolute atomic E-state index is 0.151. The van der Waals surface area contributed by atoms with E-state index in [1.807, 2.05) is 24.3 Å². The minimum Gasteiger partial charge on any atom is -0.508 e. The van der Waals surface area contributed by atoms with E-state index in [1.54, 1.807) is 60.7 Å². The van der Waals surface area contributed by atoms with Gasteiger partial charge >= 0.3 is 0 Å². The first kappa shape index (κ1) is 26.8. The Morgan fingerprint density at radius 1 is 0.378 bits per heavy atom. The maximum Gasteiger partial charge on any atom is 0.123 e. The molecule has 6 nitrogen and oxygen atoms in total. The van der Waals surface area contributed by atoms with Gasteiger partial charge in [-0.3, -0.25) is 0 Å². The van der Waals surface area contributed by atoms with Crippen molar-refractivity contribution < 1.29 is 30.6 Å². The molecule has 0 aliphatic carbocycles. The van der Waals surface area contributed by atoms with Gasteiger partial charge in [-0.05, 0) is 71.8 Å². The Morgan fingerprint density at radius 3 is 0.946 bits per heavy atom. The smallest absolute Gasteiger partial charge is 0.123 e. The summed E-state index contributed by atoms with van der Waals surface area (Å²) in [7, 11) is 0. The van der Waals surface area contributed by atoms with E-state index in [1.165, 1.54) is 24.3 Å². The van der Waals surface area contributed by atoms with Crippen LogP contribution in [0.2, 0.25) is 0 Å². The SMILES string of the molecule is CC(C)(c1ccc(O)cc1)c1ccc(O)cc1.Oc1ccc(O)cc1.Oc1cccc2c(O)cccc12. The van der Waals surface area contributed by atoms with Crippen LogP contribution < -0.4 is 0 Å². The zero-order chi connectivity index (χ0) is 27.0. The summed E-state index contributed by atoms with van der Waals surface area (Å²) in [6.45, 7) is 4.23. The first-order valence-electron chi connectivity index (χ1n) is 11.5. The summed E-state index contributed by atoms with van der Waals surface area (Å²) >= 11 is 0. The van der Waals surface area contributed by atoms with E-state index in [0.29, 0.717) is 10.8 Å². The molecule has 0 saturated heterocycles. The third-order valence-corrected chi connectivity index (χ3v) is 5.90. The Labute approximate surface area is 215 Å². The standard InChI is InChI=1S/C15H16O2.C10H8O2.C6H6O2/c1-15(2,11-3-7-13(16)8-4-11)12-5-9-14(17)10-6-12;11-9-5-1-3-7-8(9)4-2-6-10(7)12;7-5-1-2-6(8)4-3-5/h3-10,16-17H,1-2H3;1-6,11-12H;1-4,7-8H. The van der Waals surface area contributed by atoms with Crippen LogP contribution in [0.3, 0.4) is 0 Å². The van der Waals surface area contributed by atoms with Gasteiger partial charge in [0, 0.05) is 16.2 Å². The van der Waals surface area contributed by atoms with E-state index in [2.05, 4.69) is 13.8 Å². The zero-order valence-corrected chi connectivity index (χ0v) is 20.6. The normalized spacial score (nSPS) is 10.5. The lowest BCUT2D eigenvalue weighted by Gasteiger charge is -2.26. The molecular weight excluding hydrogens is 468 g/mol. The fourth-order valence-corrected chi connectivity index (χ4v) is 3.65. The van der Waals surface area contributed by atoms with Crippen molar-refractivity contribution in [3.05, 3.63) is 120 Å². The molecule has 0 fully saturated rings. The van der Waals surface area contributed by atoms with E-state index in [9.17, 15) is 20.4 Å². The van der Waals surface area contributed by atoms with Crippen molar-refractivity contribution in [3.63, 3.8) is 0 Å². The molecule has 37 heavy (non-hydrogen) atoms. The second-order valence-corrected chi connectivity index (χ2v) is 8.88. The summed E-state index contributed by atoms with van der Waals surface area (Å²) < 4.78 is 0. The van der Waals surface area contributed by atoms with Gasteiger partial charge < -0.3 is 30.6 Å². The van der Waals surface area contributed by atoms with Gasteiger partial charge in [0.15, 0.2) is 0 Å². The van der Waals surface area contributed by atoms with Gasteiger partial charge in [-0.1, -0.05) is 62.4 Å². The quantitative estimate of drug-likeness (QED) is 0.149. The van der Waals surface area contributed by atoms with Gasteiger partial charge in [-0.15, -0.1) is 0 Å². The van der Waals surface area contributed by atoms with Crippen molar-refractivity contribution >= 4 is 10.8 Å². The molecule has 0 aromatic heterocycles. The first-order valence-corrected chi connectivity index (χ1v) is 11.5. The van der Waals surface area contributed by atoms with E-state index in [-0.39, 0.29) is 39.9 Å². The zero-order valence-electron chi connectivity index (χ0n) is 20.6. The Bertz CT molecular complexity index is 1310. The van der Waals surface area contributed by atoms with Crippen LogP contribution in [-0.2, 0) is 5.41 Å².